The number of phenols is 1. The molecule has 2 heterocycles. The fraction of sp³-hybridized carbons (Fsp3) is 0.429. The SMILES string of the molecule is Cc1cc(Cl)cc(CNC(=O)[C@H](C)NC(=O)[C@H]2C[C@H](Cc3ccc(Cl)s3)CN2)c1O.Cl.Cl. The Morgan fingerprint density at radius 3 is 2.66 bits per heavy atom. The van der Waals surface area contributed by atoms with E-state index in [0.717, 1.165) is 17.3 Å². The lowest BCUT2D eigenvalue weighted by atomic mass is 10.0. The number of phenolic OH excluding ortho intramolecular Hbond substituents is 1. The minimum Gasteiger partial charge on any atom is -0.507 e. The molecule has 3 atom stereocenters. The van der Waals surface area contributed by atoms with Crippen LogP contribution in [0.25, 0.3) is 0 Å². The molecule has 1 saturated heterocycles. The maximum absolute atomic E-state index is 12.6. The molecule has 1 aromatic carbocycles. The Kier molecular flexibility index (Phi) is 11.6. The number of aryl methyl sites for hydroxylation is 1. The van der Waals surface area contributed by atoms with Gasteiger partial charge in [0.25, 0.3) is 0 Å². The van der Waals surface area contributed by atoms with Crippen molar-refractivity contribution < 1.29 is 14.7 Å². The normalized spacial score (nSPS) is 18.2. The first-order valence-corrected chi connectivity index (χ1v) is 11.3. The number of nitrogens with one attached hydrogen (secondary N) is 3. The van der Waals surface area contributed by atoms with Gasteiger partial charge in [-0.25, -0.2) is 0 Å². The summed E-state index contributed by atoms with van der Waals surface area (Å²) >= 11 is 13.6. The number of hydrogen-bond acceptors (Lipinski definition) is 5. The topological polar surface area (TPSA) is 90.5 Å². The highest BCUT2D eigenvalue weighted by atomic mass is 35.5. The van der Waals surface area contributed by atoms with Gasteiger partial charge in [0.15, 0.2) is 0 Å². The molecule has 1 fully saturated rings. The van der Waals surface area contributed by atoms with E-state index in [-0.39, 0.29) is 55.0 Å². The fourth-order valence-electron chi connectivity index (χ4n) is 3.56. The van der Waals surface area contributed by atoms with Gasteiger partial charge in [-0.2, -0.15) is 0 Å². The fourth-order valence-corrected chi connectivity index (χ4v) is 5.06. The van der Waals surface area contributed by atoms with E-state index in [9.17, 15) is 14.7 Å². The van der Waals surface area contributed by atoms with E-state index in [4.69, 9.17) is 23.2 Å². The molecule has 2 aromatic rings. The minimum absolute atomic E-state index is 0. The molecule has 0 radical (unpaired) electrons. The molecule has 0 spiro atoms. The molecule has 1 aromatic heterocycles. The maximum atomic E-state index is 12.6. The van der Waals surface area contributed by atoms with E-state index in [0.29, 0.717) is 28.5 Å². The molecule has 0 saturated carbocycles. The number of hydrogen-bond donors (Lipinski definition) is 4. The molecule has 2 amide bonds. The number of amides is 2. The Morgan fingerprint density at radius 1 is 1.28 bits per heavy atom. The predicted octanol–water partition coefficient (Wildman–Crippen LogP) is 4.25. The summed E-state index contributed by atoms with van der Waals surface area (Å²) < 4.78 is 0.770. The Hall–Kier alpha value is -1.22. The van der Waals surface area contributed by atoms with Gasteiger partial charge in [0.05, 0.1) is 10.4 Å². The van der Waals surface area contributed by atoms with Crippen LogP contribution in [-0.4, -0.2) is 35.5 Å². The summed E-state index contributed by atoms with van der Waals surface area (Å²) in [7, 11) is 0. The van der Waals surface area contributed by atoms with Gasteiger partial charge in [-0.05, 0) is 69.0 Å². The maximum Gasteiger partial charge on any atom is 0.242 e. The van der Waals surface area contributed by atoms with E-state index in [2.05, 4.69) is 16.0 Å². The van der Waals surface area contributed by atoms with E-state index >= 15 is 0 Å². The van der Waals surface area contributed by atoms with Gasteiger partial charge in [-0.3, -0.25) is 9.59 Å². The zero-order valence-electron chi connectivity index (χ0n) is 17.6. The molecule has 0 unspecified atom stereocenters. The average Bonchev–Trinajstić information content (AvgIpc) is 3.32. The summed E-state index contributed by atoms with van der Waals surface area (Å²) in [5.41, 5.74) is 1.17. The first kappa shape index (κ1) is 28.8. The van der Waals surface area contributed by atoms with Gasteiger partial charge < -0.3 is 21.1 Å². The van der Waals surface area contributed by atoms with E-state index in [1.54, 1.807) is 37.3 Å². The number of benzene rings is 1. The lowest BCUT2D eigenvalue weighted by molar-refractivity contribution is -0.129. The summed E-state index contributed by atoms with van der Waals surface area (Å²) in [6.07, 6.45) is 1.60. The number of aromatic hydroxyl groups is 1. The second-order valence-electron chi connectivity index (χ2n) is 7.65. The standard InChI is InChI=1S/C21H25Cl2N3O3S.2ClH/c1-11-5-15(22)8-14(19(11)27)10-25-20(28)12(2)26-21(29)17-7-13(9-24-17)6-16-3-4-18(23)30-16;;/h3-5,8,12-13,17,24,27H,6-7,9-10H2,1-2H3,(H,25,28)(H,26,29);2*1H/t12-,13-,17+;;/m0../s1. The Bertz CT molecular complexity index is 941. The molecular weight excluding hydrogens is 516 g/mol. The van der Waals surface area contributed by atoms with Crippen molar-refractivity contribution in [2.24, 2.45) is 5.92 Å². The summed E-state index contributed by atoms with van der Waals surface area (Å²) in [6, 6.07) is 6.15. The van der Waals surface area contributed by atoms with E-state index < -0.39 is 6.04 Å². The smallest absolute Gasteiger partial charge is 0.242 e. The monoisotopic (exact) mass is 541 g/mol. The van der Waals surface area contributed by atoms with Gasteiger partial charge >= 0.3 is 0 Å². The third-order valence-electron chi connectivity index (χ3n) is 5.21. The minimum atomic E-state index is -0.697. The number of rotatable bonds is 7. The van der Waals surface area contributed by atoms with Gasteiger partial charge in [0.2, 0.25) is 11.8 Å². The first-order chi connectivity index (χ1) is 14.2. The second kappa shape index (κ2) is 12.9. The van der Waals surface area contributed by atoms with Crippen molar-refractivity contribution in [1.82, 2.24) is 16.0 Å². The molecular formula is C21H27Cl4N3O3S. The largest absolute Gasteiger partial charge is 0.507 e. The van der Waals surface area contributed by atoms with Gasteiger partial charge in [0.1, 0.15) is 11.8 Å². The Labute approximate surface area is 214 Å². The lowest BCUT2D eigenvalue weighted by Crippen LogP contribution is -2.49. The van der Waals surface area contributed by atoms with Crippen LogP contribution < -0.4 is 16.0 Å². The number of thiophene rings is 1. The van der Waals surface area contributed by atoms with Crippen molar-refractivity contribution in [2.45, 2.75) is 45.3 Å². The number of halogens is 4. The van der Waals surface area contributed by atoms with Gasteiger partial charge in [-0.1, -0.05) is 23.2 Å². The molecule has 11 heteroatoms. The molecule has 1 aliphatic rings. The van der Waals surface area contributed by atoms with Crippen LogP contribution in [0.3, 0.4) is 0 Å². The van der Waals surface area contributed by atoms with E-state index in [1.807, 2.05) is 12.1 Å². The molecule has 0 bridgehead atoms. The Morgan fingerprint density at radius 2 is 2.00 bits per heavy atom. The molecule has 1 aliphatic heterocycles. The van der Waals surface area contributed by atoms with Crippen LogP contribution in [0.4, 0.5) is 0 Å². The molecule has 0 aliphatic carbocycles. The van der Waals surface area contributed by atoms with Gasteiger partial charge in [-0.15, -0.1) is 36.2 Å². The zero-order valence-corrected chi connectivity index (χ0v) is 21.6. The highest BCUT2D eigenvalue weighted by Crippen LogP contribution is 2.27. The molecule has 32 heavy (non-hydrogen) atoms. The van der Waals surface area contributed by atoms with E-state index in [1.165, 1.54) is 4.88 Å². The quantitative estimate of drug-likeness (QED) is 0.421. The van der Waals surface area contributed by atoms with Crippen LogP contribution in [0.1, 0.15) is 29.3 Å². The molecule has 6 nitrogen and oxygen atoms in total. The van der Waals surface area contributed by atoms with Crippen LogP contribution in [0.15, 0.2) is 24.3 Å². The highest BCUT2D eigenvalue weighted by molar-refractivity contribution is 7.16. The van der Waals surface area contributed by atoms with Crippen LogP contribution in [0, 0.1) is 12.8 Å². The van der Waals surface area contributed by atoms with Crippen molar-refractivity contribution in [3.63, 3.8) is 0 Å². The summed E-state index contributed by atoms with van der Waals surface area (Å²) in [5, 5.41) is 19.3. The third kappa shape index (κ3) is 7.68. The van der Waals surface area contributed by atoms with Crippen molar-refractivity contribution in [1.29, 1.82) is 0 Å². The van der Waals surface area contributed by atoms with Gasteiger partial charge in [0, 0.05) is 22.0 Å². The predicted molar refractivity (Wildman–Crippen MR) is 135 cm³/mol. The third-order valence-corrected chi connectivity index (χ3v) is 6.68. The van der Waals surface area contributed by atoms with Crippen molar-refractivity contribution in [3.8, 4) is 5.75 Å². The number of carbonyl (C=O) groups excluding carboxylic acids is 2. The molecule has 3 rings (SSSR count). The molecule has 178 valence electrons. The summed E-state index contributed by atoms with van der Waals surface area (Å²) in [5.74, 6) is -0.0628. The van der Waals surface area contributed by atoms with Crippen LogP contribution in [-0.2, 0) is 22.6 Å². The highest BCUT2D eigenvalue weighted by Gasteiger charge is 2.31. The Balaban J connectivity index is 0.00000256. The van der Waals surface area contributed by atoms with Crippen molar-refractivity contribution in [3.05, 3.63) is 49.6 Å². The summed E-state index contributed by atoms with van der Waals surface area (Å²) in [6.45, 7) is 4.25. The van der Waals surface area contributed by atoms with Crippen LogP contribution in [0.2, 0.25) is 9.36 Å². The van der Waals surface area contributed by atoms with Crippen LogP contribution in [0.5, 0.6) is 5.75 Å². The number of carbonyl (C=O) groups is 2. The van der Waals surface area contributed by atoms with Crippen molar-refractivity contribution in [2.75, 3.05) is 6.54 Å². The van der Waals surface area contributed by atoms with Crippen molar-refractivity contribution >= 4 is 71.2 Å². The zero-order chi connectivity index (χ0) is 21.8. The average molecular weight is 543 g/mol. The van der Waals surface area contributed by atoms with Crippen LogP contribution >= 0.6 is 59.4 Å². The molecule has 4 N–H and O–H groups in total. The summed E-state index contributed by atoms with van der Waals surface area (Å²) in [4.78, 5) is 26.1. The first-order valence-electron chi connectivity index (χ1n) is 9.76. The second-order valence-corrected chi connectivity index (χ2v) is 9.89. The lowest BCUT2D eigenvalue weighted by Gasteiger charge is -2.18.